The molecule has 2 amide bonds. The van der Waals surface area contributed by atoms with E-state index in [2.05, 4.69) is 15.6 Å². The van der Waals surface area contributed by atoms with Crippen molar-refractivity contribution in [3.8, 4) is 0 Å². The number of unbranched alkanes of at least 4 members (excludes halogenated alkanes) is 1. The Morgan fingerprint density at radius 1 is 1.00 bits per heavy atom. The Balaban J connectivity index is 1.39. The lowest BCUT2D eigenvalue weighted by molar-refractivity contribution is -0.123. The number of pyridine rings is 1. The molecule has 0 aliphatic heterocycles. The van der Waals surface area contributed by atoms with Crippen LogP contribution in [-0.4, -0.2) is 59.6 Å². The zero-order valence-electron chi connectivity index (χ0n) is 19.4. The number of nitrogens with zero attached hydrogens (tertiary/aromatic N) is 1. The molecule has 8 nitrogen and oxygen atoms in total. The smallest absolute Gasteiger partial charge is 0.251 e. The fourth-order valence-electron chi connectivity index (χ4n) is 3.92. The van der Waals surface area contributed by atoms with Gasteiger partial charge in [0.05, 0.1) is 12.7 Å². The number of rotatable bonds is 12. The van der Waals surface area contributed by atoms with E-state index in [9.17, 15) is 19.5 Å². The van der Waals surface area contributed by atoms with Gasteiger partial charge >= 0.3 is 0 Å². The number of aromatic nitrogens is 1. The first-order valence-corrected chi connectivity index (χ1v) is 11.9. The van der Waals surface area contributed by atoms with E-state index in [1.54, 1.807) is 30.5 Å². The zero-order valence-corrected chi connectivity index (χ0v) is 19.4. The van der Waals surface area contributed by atoms with Gasteiger partial charge in [-0.2, -0.15) is 0 Å². The molecule has 8 heteroatoms. The summed E-state index contributed by atoms with van der Waals surface area (Å²) in [6, 6.07) is 8.42. The first-order chi connectivity index (χ1) is 16.6. The number of aliphatic hydroxyl groups excluding tert-OH is 1. The van der Waals surface area contributed by atoms with Crippen LogP contribution in [0.3, 0.4) is 0 Å². The zero-order chi connectivity index (χ0) is 24.2. The highest BCUT2D eigenvalue weighted by molar-refractivity contribution is 6.09. The Morgan fingerprint density at radius 3 is 2.41 bits per heavy atom. The molecule has 2 aromatic rings. The molecular formula is C26H33N3O5. The van der Waals surface area contributed by atoms with E-state index in [-0.39, 0.29) is 11.3 Å². The maximum absolute atomic E-state index is 12.5. The van der Waals surface area contributed by atoms with Gasteiger partial charge in [0.25, 0.3) is 5.91 Å². The van der Waals surface area contributed by atoms with Crippen molar-refractivity contribution in [1.82, 2.24) is 15.6 Å². The van der Waals surface area contributed by atoms with Gasteiger partial charge in [-0.3, -0.25) is 19.4 Å². The topological polar surface area (TPSA) is 118 Å². The predicted octanol–water partition coefficient (Wildman–Crippen LogP) is 2.65. The minimum Gasteiger partial charge on any atom is -0.394 e. The Labute approximate surface area is 200 Å². The van der Waals surface area contributed by atoms with Crippen LogP contribution in [0, 0.1) is 0 Å². The molecule has 1 fully saturated rings. The fraction of sp³-hybridized carbons (Fsp3) is 0.462. The number of ether oxygens (including phenoxy) is 1. The van der Waals surface area contributed by atoms with Crippen molar-refractivity contribution in [2.24, 2.45) is 0 Å². The Morgan fingerprint density at radius 2 is 1.74 bits per heavy atom. The third-order valence-corrected chi connectivity index (χ3v) is 5.91. The number of aliphatic hydroxyl groups is 1. The lowest BCUT2D eigenvalue weighted by Gasteiger charge is -2.22. The summed E-state index contributed by atoms with van der Waals surface area (Å²) in [6.07, 6.45) is 11.1. The highest BCUT2D eigenvalue weighted by atomic mass is 16.5. The largest absolute Gasteiger partial charge is 0.394 e. The molecule has 0 saturated heterocycles. The summed E-state index contributed by atoms with van der Waals surface area (Å²) in [5.74, 6) is -1.14. The summed E-state index contributed by atoms with van der Waals surface area (Å²) < 4.78 is 5.87. The van der Waals surface area contributed by atoms with Crippen molar-refractivity contribution in [3.05, 3.63) is 65.5 Å². The van der Waals surface area contributed by atoms with E-state index in [0.717, 1.165) is 25.7 Å². The van der Waals surface area contributed by atoms with Gasteiger partial charge in [0.2, 0.25) is 5.91 Å². The monoisotopic (exact) mass is 467 g/mol. The quantitative estimate of drug-likeness (QED) is 0.326. The van der Waals surface area contributed by atoms with Gasteiger partial charge < -0.3 is 20.5 Å². The molecule has 182 valence electrons. The average Bonchev–Trinajstić information content (AvgIpc) is 2.89. The second-order valence-corrected chi connectivity index (χ2v) is 8.49. The highest BCUT2D eigenvalue weighted by Crippen LogP contribution is 2.20. The van der Waals surface area contributed by atoms with Gasteiger partial charge in [0.15, 0.2) is 5.78 Å². The Kier molecular flexibility index (Phi) is 10.2. The molecule has 0 bridgehead atoms. The van der Waals surface area contributed by atoms with Crippen molar-refractivity contribution in [1.29, 1.82) is 0 Å². The summed E-state index contributed by atoms with van der Waals surface area (Å²) in [5.41, 5.74) is 1.17. The summed E-state index contributed by atoms with van der Waals surface area (Å²) in [4.78, 5) is 41.3. The molecule has 0 radical (unpaired) electrons. The molecule has 0 spiro atoms. The maximum atomic E-state index is 12.5. The Bertz CT molecular complexity index is 927. The molecule has 1 atom stereocenters. The minimum atomic E-state index is -1.05. The average molecular weight is 468 g/mol. The first kappa shape index (κ1) is 25.5. The normalized spacial score (nSPS) is 14.9. The van der Waals surface area contributed by atoms with Crippen molar-refractivity contribution in [2.45, 2.75) is 57.1 Å². The van der Waals surface area contributed by atoms with Crippen molar-refractivity contribution in [3.63, 3.8) is 0 Å². The summed E-state index contributed by atoms with van der Waals surface area (Å²) in [6.45, 7) is 0.615. The number of nitrogens with one attached hydrogen (secondary N) is 2. The van der Waals surface area contributed by atoms with E-state index in [0.29, 0.717) is 30.4 Å². The van der Waals surface area contributed by atoms with Gasteiger partial charge in [0.1, 0.15) is 6.04 Å². The van der Waals surface area contributed by atoms with Gasteiger partial charge in [-0.25, -0.2) is 0 Å². The van der Waals surface area contributed by atoms with Gasteiger partial charge in [0, 0.05) is 42.2 Å². The predicted molar refractivity (Wildman–Crippen MR) is 128 cm³/mol. The summed E-state index contributed by atoms with van der Waals surface area (Å²) in [7, 11) is 0. The Hall–Kier alpha value is -3.10. The highest BCUT2D eigenvalue weighted by Gasteiger charge is 2.21. The van der Waals surface area contributed by atoms with Gasteiger partial charge in [-0.05, 0) is 49.9 Å². The SMILES string of the molecule is O=C(N[C@@H](CO)C(=O)NCCCCOC1CCCCC1)c1ccc(C(=O)c2cccnc2)cc1. The summed E-state index contributed by atoms with van der Waals surface area (Å²) in [5, 5.41) is 14.9. The first-order valence-electron chi connectivity index (χ1n) is 11.9. The van der Waals surface area contributed by atoms with Crippen LogP contribution >= 0.6 is 0 Å². The van der Waals surface area contributed by atoms with Crippen LogP contribution in [0.15, 0.2) is 48.8 Å². The number of carbonyl (C=O) groups excluding carboxylic acids is 3. The molecule has 1 heterocycles. The van der Waals surface area contributed by atoms with Crippen molar-refractivity contribution >= 4 is 17.6 Å². The van der Waals surface area contributed by atoms with Crippen LogP contribution in [0.1, 0.15) is 71.2 Å². The molecule has 1 aliphatic carbocycles. The van der Waals surface area contributed by atoms with Crippen LogP contribution in [0.5, 0.6) is 0 Å². The van der Waals surface area contributed by atoms with E-state index < -0.39 is 24.5 Å². The number of ketones is 1. The van der Waals surface area contributed by atoms with E-state index in [1.165, 1.54) is 37.6 Å². The van der Waals surface area contributed by atoms with Crippen LogP contribution in [0.2, 0.25) is 0 Å². The molecule has 1 saturated carbocycles. The van der Waals surface area contributed by atoms with Crippen LogP contribution in [0.4, 0.5) is 0 Å². The van der Waals surface area contributed by atoms with E-state index in [4.69, 9.17) is 4.74 Å². The lowest BCUT2D eigenvalue weighted by Crippen LogP contribution is -2.49. The van der Waals surface area contributed by atoms with Crippen LogP contribution < -0.4 is 10.6 Å². The van der Waals surface area contributed by atoms with E-state index in [1.807, 2.05) is 0 Å². The second-order valence-electron chi connectivity index (χ2n) is 8.49. The molecule has 3 N–H and O–H groups in total. The van der Waals surface area contributed by atoms with Crippen molar-refractivity contribution in [2.75, 3.05) is 19.8 Å². The van der Waals surface area contributed by atoms with Crippen molar-refractivity contribution < 1.29 is 24.2 Å². The summed E-state index contributed by atoms with van der Waals surface area (Å²) >= 11 is 0. The molecule has 34 heavy (non-hydrogen) atoms. The minimum absolute atomic E-state index is 0.197. The molecule has 1 aliphatic rings. The maximum Gasteiger partial charge on any atom is 0.251 e. The number of hydrogen-bond donors (Lipinski definition) is 3. The molecule has 1 aromatic heterocycles. The number of benzene rings is 1. The second kappa shape index (κ2) is 13.6. The molecule has 1 aromatic carbocycles. The molecule has 3 rings (SSSR count). The van der Waals surface area contributed by atoms with Gasteiger partial charge in [-0.15, -0.1) is 0 Å². The van der Waals surface area contributed by atoms with Crippen LogP contribution in [0.25, 0.3) is 0 Å². The standard InChI is InChI=1S/C26H33N3O5/c30-18-23(26(33)28-15-4-5-16-34-22-8-2-1-3-9-22)29-25(32)20-12-10-19(11-13-20)24(31)21-7-6-14-27-17-21/h6-7,10-14,17,22-23,30H,1-5,8-9,15-16,18H2,(H,28,33)(H,29,32)/t23-/m0/s1. The van der Waals surface area contributed by atoms with Crippen LogP contribution in [-0.2, 0) is 9.53 Å². The number of amides is 2. The van der Waals surface area contributed by atoms with Gasteiger partial charge in [-0.1, -0.05) is 31.4 Å². The lowest BCUT2D eigenvalue weighted by atomic mass is 9.98. The number of carbonyl (C=O) groups is 3. The fourth-order valence-corrected chi connectivity index (χ4v) is 3.92. The molecular weight excluding hydrogens is 434 g/mol. The number of hydrogen-bond acceptors (Lipinski definition) is 6. The third kappa shape index (κ3) is 7.74. The van der Waals surface area contributed by atoms with E-state index >= 15 is 0 Å². The molecule has 0 unspecified atom stereocenters. The third-order valence-electron chi connectivity index (χ3n) is 5.91.